The summed E-state index contributed by atoms with van der Waals surface area (Å²) in [4.78, 5) is 0. The van der Waals surface area contributed by atoms with Gasteiger partial charge in [-0.2, -0.15) is 5.26 Å². The van der Waals surface area contributed by atoms with Gasteiger partial charge in [0, 0.05) is 33.2 Å². The number of aliphatic hydroxyl groups is 1. The highest BCUT2D eigenvalue weighted by Crippen LogP contribution is 2.12. The van der Waals surface area contributed by atoms with Gasteiger partial charge in [-0.25, -0.2) is 4.39 Å². The number of ether oxygens (including phenoxy) is 1. The SMILES string of the molecule is COCCC(C)(O)CNCc1cc(F)ccc1C#N. The second-order valence-corrected chi connectivity index (χ2v) is 4.76. The highest BCUT2D eigenvalue weighted by atomic mass is 19.1. The molecule has 0 spiro atoms. The maximum absolute atomic E-state index is 13.1. The number of methoxy groups -OCH3 is 1. The van der Waals surface area contributed by atoms with E-state index in [0.717, 1.165) is 0 Å². The van der Waals surface area contributed by atoms with Crippen molar-refractivity contribution in [2.75, 3.05) is 20.3 Å². The van der Waals surface area contributed by atoms with E-state index in [1.807, 2.05) is 6.07 Å². The first-order chi connectivity index (χ1) is 8.98. The molecular weight excluding hydrogens is 247 g/mol. The lowest BCUT2D eigenvalue weighted by Crippen LogP contribution is -2.38. The lowest BCUT2D eigenvalue weighted by Gasteiger charge is -2.23. The van der Waals surface area contributed by atoms with Gasteiger partial charge < -0.3 is 15.2 Å². The molecule has 5 heteroatoms. The Morgan fingerprint density at radius 1 is 1.53 bits per heavy atom. The summed E-state index contributed by atoms with van der Waals surface area (Å²) < 4.78 is 18.0. The fourth-order valence-corrected chi connectivity index (χ4v) is 1.69. The Kier molecular flexibility index (Phi) is 5.90. The fraction of sp³-hybridized carbons (Fsp3) is 0.500. The van der Waals surface area contributed by atoms with Crippen LogP contribution in [0.1, 0.15) is 24.5 Å². The zero-order chi connectivity index (χ0) is 14.3. The van der Waals surface area contributed by atoms with E-state index in [1.165, 1.54) is 18.2 Å². The summed E-state index contributed by atoms with van der Waals surface area (Å²) in [7, 11) is 1.58. The van der Waals surface area contributed by atoms with Gasteiger partial charge in [0.25, 0.3) is 0 Å². The van der Waals surface area contributed by atoms with Crippen LogP contribution >= 0.6 is 0 Å². The van der Waals surface area contributed by atoms with Crippen molar-refractivity contribution in [1.82, 2.24) is 5.32 Å². The first kappa shape index (κ1) is 15.6. The number of nitrogens with zero attached hydrogens (tertiary/aromatic N) is 1. The molecule has 104 valence electrons. The van der Waals surface area contributed by atoms with Crippen molar-refractivity contribution in [2.24, 2.45) is 0 Å². The van der Waals surface area contributed by atoms with E-state index in [2.05, 4.69) is 5.32 Å². The van der Waals surface area contributed by atoms with E-state index in [1.54, 1.807) is 14.0 Å². The predicted octanol–water partition coefficient (Wildman–Crippen LogP) is 1.57. The number of halogens is 1. The molecule has 1 aromatic rings. The molecular formula is C14H19FN2O2. The van der Waals surface area contributed by atoms with Gasteiger partial charge in [0.2, 0.25) is 0 Å². The number of nitrogens with one attached hydrogen (secondary N) is 1. The number of rotatable bonds is 7. The van der Waals surface area contributed by atoms with E-state index in [9.17, 15) is 9.50 Å². The van der Waals surface area contributed by atoms with Crippen LogP contribution in [0, 0.1) is 17.1 Å². The van der Waals surface area contributed by atoms with Crippen molar-refractivity contribution in [3.63, 3.8) is 0 Å². The minimum absolute atomic E-state index is 0.337. The van der Waals surface area contributed by atoms with Gasteiger partial charge in [0.05, 0.1) is 17.2 Å². The van der Waals surface area contributed by atoms with Crippen LogP contribution in [0.15, 0.2) is 18.2 Å². The maximum atomic E-state index is 13.1. The first-order valence-corrected chi connectivity index (χ1v) is 6.09. The van der Waals surface area contributed by atoms with Gasteiger partial charge in [-0.3, -0.25) is 0 Å². The molecule has 0 saturated heterocycles. The molecule has 0 aliphatic carbocycles. The average molecular weight is 266 g/mol. The van der Waals surface area contributed by atoms with Crippen LogP contribution in [0.4, 0.5) is 4.39 Å². The molecule has 0 radical (unpaired) electrons. The average Bonchev–Trinajstić information content (AvgIpc) is 2.36. The van der Waals surface area contributed by atoms with Gasteiger partial charge in [0.1, 0.15) is 5.82 Å². The second-order valence-electron chi connectivity index (χ2n) is 4.76. The van der Waals surface area contributed by atoms with Crippen LogP contribution in [-0.4, -0.2) is 31.0 Å². The zero-order valence-electron chi connectivity index (χ0n) is 11.2. The number of hydrogen-bond donors (Lipinski definition) is 2. The van der Waals surface area contributed by atoms with Gasteiger partial charge in [-0.05, 0) is 30.7 Å². The summed E-state index contributed by atoms with van der Waals surface area (Å²) >= 11 is 0. The monoisotopic (exact) mass is 266 g/mol. The lowest BCUT2D eigenvalue weighted by molar-refractivity contribution is 0.0247. The van der Waals surface area contributed by atoms with E-state index in [-0.39, 0.29) is 5.82 Å². The molecule has 0 fully saturated rings. The van der Waals surface area contributed by atoms with E-state index in [0.29, 0.717) is 37.2 Å². The molecule has 0 heterocycles. The van der Waals surface area contributed by atoms with E-state index >= 15 is 0 Å². The molecule has 19 heavy (non-hydrogen) atoms. The summed E-state index contributed by atoms with van der Waals surface area (Å²) in [6, 6.07) is 6.06. The van der Waals surface area contributed by atoms with Gasteiger partial charge in [-0.15, -0.1) is 0 Å². The Labute approximate surface area is 112 Å². The molecule has 0 bridgehead atoms. The molecule has 0 amide bonds. The number of nitriles is 1. The third kappa shape index (κ3) is 5.35. The van der Waals surface area contributed by atoms with Crippen molar-refractivity contribution in [1.29, 1.82) is 5.26 Å². The summed E-state index contributed by atoms with van der Waals surface area (Å²) in [5.41, 5.74) is 0.131. The van der Waals surface area contributed by atoms with Crippen LogP contribution in [-0.2, 0) is 11.3 Å². The molecule has 1 rings (SSSR count). The standard InChI is InChI=1S/C14H19FN2O2/c1-14(18,5-6-19-2)10-17-9-12-7-13(15)4-3-11(12)8-16/h3-4,7,17-18H,5-6,9-10H2,1-2H3. The highest BCUT2D eigenvalue weighted by molar-refractivity contribution is 5.37. The molecule has 4 nitrogen and oxygen atoms in total. The Morgan fingerprint density at radius 3 is 2.89 bits per heavy atom. The smallest absolute Gasteiger partial charge is 0.123 e. The molecule has 0 aliphatic heterocycles. The van der Waals surface area contributed by atoms with Crippen molar-refractivity contribution in [3.05, 3.63) is 35.1 Å². The minimum atomic E-state index is -0.893. The molecule has 0 aliphatic rings. The summed E-state index contributed by atoms with van der Waals surface area (Å²) in [6.07, 6.45) is 0.505. The Morgan fingerprint density at radius 2 is 2.26 bits per heavy atom. The first-order valence-electron chi connectivity index (χ1n) is 6.09. The molecule has 1 unspecified atom stereocenters. The normalized spacial score (nSPS) is 13.8. The zero-order valence-corrected chi connectivity index (χ0v) is 11.2. The summed E-state index contributed by atoms with van der Waals surface area (Å²) in [5, 5.41) is 22.0. The van der Waals surface area contributed by atoms with Crippen LogP contribution in [0.3, 0.4) is 0 Å². The van der Waals surface area contributed by atoms with Gasteiger partial charge in [0.15, 0.2) is 0 Å². The Hall–Kier alpha value is -1.48. The summed E-state index contributed by atoms with van der Waals surface area (Å²) in [5.74, 6) is -0.373. The van der Waals surface area contributed by atoms with E-state index in [4.69, 9.17) is 10.00 Å². The maximum Gasteiger partial charge on any atom is 0.123 e. The molecule has 0 aromatic heterocycles. The molecule has 1 atom stereocenters. The van der Waals surface area contributed by atoms with Crippen molar-refractivity contribution in [3.8, 4) is 6.07 Å². The second kappa shape index (κ2) is 7.19. The van der Waals surface area contributed by atoms with Crippen LogP contribution < -0.4 is 5.32 Å². The Bertz CT molecular complexity index is 455. The van der Waals surface area contributed by atoms with Gasteiger partial charge in [-0.1, -0.05) is 0 Å². The number of hydrogen-bond acceptors (Lipinski definition) is 4. The largest absolute Gasteiger partial charge is 0.389 e. The lowest BCUT2D eigenvalue weighted by atomic mass is 10.0. The van der Waals surface area contributed by atoms with Crippen LogP contribution in [0.25, 0.3) is 0 Å². The van der Waals surface area contributed by atoms with Crippen molar-refractivity contribution >= 4 is 0 Å². The third-order valence-corrected chi connectivity index (χ3v) is 2.85. The fourth-order valence-electron chi connectivity index (χ4n) is 1.69. The Balaban J connectivity index is 2.53. The molecule has 1 aromatic carbocycles. The highest BCUT2D eigenvalue weighted by Gasteiger charge is 2.19. The topological polar surface area (TPSA) is 65.3 Å². The number of benzene rings is 1. The molecule has 0 saturated carbocycles. The van der Waals surface area contributed by atoms with E-state index < -0.39 is 5.60 Å². The minimum Gasteiger partial charge on any atom is -0.389 e. The third-order valence-electron chi connectivity index (χ3n) is 2.85. The van der Waals surface area contributed by atoms with Crippen molar-refractivity contribution in [2.45, 2.75) is 25.5 Å². The van der Waals surface area contributed by atoms with Crippen molar-refractivity contribution < 1.29 is 14.2 Å². The van der Waals surface area contributed by atoms with Crippen LogP contribution in [0.5, 0.6) is 0 Å². The quantitative estimate of drug-likeness (QED) is 0.786. The summed E-state index contributed by atoms with van der Waals surface area (Å²) in [6.45, 7) is 2.86. The van der Waals surface area contributed by atoms with Crippen LogP contribution in [0.2, 0.25) is 0 Å². The predicted molar refractivity (Wildman–Crippen MR) is 69.9 cm³/mol. The van der Waals surface area contributed by atoms with Gasteiger partial charge >= 0.3 is 0 Å². The molecule has 2 N–H and O–H groups in total.